The summed E-state index contributed by atoms with van der Waals surface area (Å²) in [6.07, 6.45) is 0.140. The summed E-state index contributed by atoms with van der Waals surface area (Å²) in [5, 5.41) is 0. The molecule has 0 aromatic rings. The third-order valence-electron chi connectivity index (χ3n) is 2.46. The van der Waals surface area contributed by atoms with Crippen molar-refractivity contribution in [2.24, 2.45) is 5.73 Å². The minimum Gasteiger partial charge on any atom is -0.376 e. The van der Waals surface area contributed by atoms with Crippen LogP contribution in [0.3, 0.4) is 0 Å². The minimum absolute atomic E-state index is 0.125. The molecule has 14 heavy (non-hydrogen) atoms. The first-order valence-electron chi connectivity index (χ1n) is 4.77. The van der Waals surface area contributed by atoms with Crippen LogP contribution >= 0.6 is 22.9 Å². The molecule has 4 nitrogen and oxygen atoms in total. The average molecular weight is 314 g/mol. The molecule has 0 radical (unpaired) electrons. The molecule has 1 saturated heterocycles. The summed E-state index contributed by atoms with van der Waals surface area (Å²) in [5.74, 6) is 0. The highest BCUT2D eigenvalue weighted by atomic mass is 127. The Labute approximate surface area is 99.6 Å². The summed E-state index contributed by atoms with van der Waals surface area (Å²) in [4.78, 5) is 0. The average Bonchev–Trinajstić information content (AvgIpc) is 2.42. The van der Waals surface area contributed by atoms with E-state index in [-0.39, 0.29) is 17.7 Å². The van der Waals surface area contributed by atoms with Crippen LogP contribution in [0, 0.1) is 0 Å². The van der Waals surface area contributed by atoms with E-state index in [2.05, 4.69) is 26.0 Å². The van der Waals surface area contributed by atoms with Gasteiger partial charge >= 0.3 is 0 Å². The van der Waals surface area contributed by atoms with E-state index < -0.39 is 0 Å². The highest BCUT2D eigenvalue weighted by molar-refractivity contribution is 14.1. The van der Waals surface area contributed by atoms with Gasteiger partial charge in [-0.25, -0.2) is 3.11 Å². The fourth-order valence-corrected chi connectivity index (χ4v) is 2.14. The number of hydrogen-bond acceptors (Lipinski definition) is 4. The standard InChI is InChI=1S/C9H19IN2O2/c1-9(2,13-3)6-14-8-5-12(10)4-7(8)11/h7-8H,4-6,11H2,1-3H3. The van der Waals surface area contributed by atoms with Crippen LogP contribution in [-0.2, 0) is 9.47 Å². The van der Waals surface area contributed by atoms with Crippen molar-refractivity contribution in [3.63, 3.8) is 0 Å². The first kappa shape index (κ1) is 12.6. The molecule has 0 amide bonds. The SMILES string of the molecule is COC(C)(C)COC1CN(I)CC1N. The summed E-state index contributed by atoms with van der Waals surface area (Å²) in [7, 11) is 1.70. The number of hydrogen-bond donors (Lipinski definition) is 1. The molecule has 0 saturated carbocycles. The monoisotopic (exact) mass is 314 g/mol. The van der Waals surface area contributed by atoms with Crippen LogP contribution in [0.5, 0.6) is 0 Å². The Morgan fingerprint density at radius 1 is 1.50 bits per heavy atom. The maximum absolute atomic E-state index is 5.93. The first-order valence-corrected chi connectivity index (χ1v) is 5.74. The van der Waals surface area contributed by atoms with Gasteiger partial charge in [-0.1, -0.05) is 0 Å². The molecule has 1 fully saturated rings. The second-order valence-electron chi connectivity index (χ2n) is 4.30. The van der Waals surface area contributed by atoms with E-state index in [9.17, 15) is 0 Å². The quantitative estimate of drug-likeness (QED) is 0.616. The van der Waals surface area contributed by atoms with Crippen LogP contribution in [0.15, 0.2) is 0 Å². The third-order valence-corrected chi connectivity index (χ3v) is 3.25. The first-order chi connectivity index (χ1) is 6.44. The van der Waals surface area contributed by atoms with Crippen molar-refractivity contribution < 1.29 is 9.47 Å². The van der Waals surface area contributed by atoms with Gasteiger partial charge in [0, 0.05) is 49.1 Å². The zero-order chi connectivity index (χ0) is 10.8. The lowest BCUT2D eigenvalue weighted by molar-refractivity contribution is -0.0737. The van der Waals surface area contributed by atoms with Gasteiger partial charge in [0.05, 0.1) is 18.3 Å². The van der Waals surface area contributed by atoms with Gasteiger partial charge in [-0.2, -0.15) is 0 Å². The van der Waals surface area contributed by atoms with Crippen LogP contribution in [0.2, 0.25) is 0 Å². The largest absolute Gasteiger partial charge is 0.376 e. The molecule has 1 heterocycles. The van der Waals surface area contributed by atoms with E-state index in [1.54, 1.807) is 7.11 Å². The number of rotatable bonds is 4. The van der Waals surface area contributed by atoms with E-state index in [1.165, 1.54) is 0 Å². The molecule has 5 heteroatoms. The van der Waals surface area contributed by atoms with E-state index in [0.29, 0.717) is 6.61 Å². The Balaban J connectivity index is 2.31. The molecule has 0 bridgehead atoms. The molecule has 1 rings (SSSR count). The Bertz CT molecular complexity index is 190. The normalized spacial score (nSPS) is 29.8. The van der Waals surface area contributed by atoms with Gasteiger partial charge < -0.3 is 15.2 Å². The smallest absolute Gasteiger partial charge is 0.0874 e. The van der Waals surface area contributed by atoms with Crippen LogP contribution < -0.4 is 5.73 Å². The molecule has 0 aromatic heterocycles. The number of methoxy groups -OCH3 is 1. The van der Waals surface area contributed by atoms with Crippen LogP contribution in [0.1, 0.15) is 13.8 Å². The van der Waals surface area contributed by atoms with Crippen molar-refractivity contribution in [2.75, 3.05) is 26.8 Å². The van der Waals surface area contributed by atoms with Crippen LogP contribution in [0.25, 0.3) is 0 Å². The maximum atomic E-state index is 5.93. The zero-order valence-corrected chi connectivity index (χ0v) is 11.2. The lowest BCUT2D eigenvalue weighted by Gasteiger charge is -2.25. The number of halogens is 1. The molecular weight excluding hydrogens is 295 g/mol. The molecule has 0 spiro atoms. The highest BCUT2D eigenvalue weighted by Crippen LogP contribution is 2.18. The van der Waals surface area contributed by atoms with Crippen molar-refractivity contribution in [1.29, 1.82) is 0 Å². The number of nitrogens with two attached hydrogens (primary N) is 1. The topological polar surface area (TPSA) is 47.7 Å². The lowest BCUT2D eigenvalue weighted by Crippen LogP contribution is -2.39. The Morgan fingerprint density at radius 2 is 2.14 bits per heavy atom. The molecule has 2 atom stereocenters. The lowest BCUT2D eigenvalue weighted by atomic mass is 10.1. The molecule has 0 aliphatic carbocycles. The van der Waals surface area contributed by atoms with Crippen molar-refractivity contribution in [3.05, 3.63) is 0 Å². The molecular formula is C9H19IN2O2. The van der Waals surface area contributed by atoms with Gasteiger partial charge in [-0.3, -0.25) is 0 Å². The molecule has 1 aliphatic heterocycles. The number of ether oxygens (including phenoxy) is 2. The molecule has 2 N–H and O–H groups in total. The number of nitrogens with zero attached hydrogens (tertiary/aromatic N) is 1. The van der Waals surface area contributed by atoms with Gasteiger partial charge in [0.15, 0.2) is 0 Å². The van der Waals surface area contributed by atoms with Crippen LogP contribution in [-0.4, -0.2) is 47.7 Å². The van der Waals surface area contributed by atoms with Crippen molar-refractivity contribution in [1.82, 2.24) is 3.11 Å². The van der Waals surface area contributed by atoms with Gasteiger partial charge in [0.25, 0.3) is 0 Å². The predicted octanol–water partition coefficient (Wildman–Crippen LogP) is 0.790. The van der Waals surface area contributed by atoms with E-state index in [0.717, 1.165) is 13.1 Å². The van der Waals surface area contributed by atoms with Crippen LogP contribution in [0.4, 0.5) is 0 Å². The summed E-state index contributed by atoms with van der Waals surface area (Å²) in [5.41, 5.74) is 5.70. The highest BCUT2D eigenvalue weighted by Gasteiger charge is 2.31. The fraction of sp³-hybridized carbons (Fsp3) is 1.00. The molecule has 1 aliphatic rings. The van der Waals surface area contributed by atoms with Gasteiger partial charge in [-0.05, 0) is 13.8 Å². The van der Waals surface area contributed by atoms with Gasteiger partial charge in [0.1, 0.15) is 0 Å². The maximum Gasteiger partial charge on any atom is 0.0874 e. The summed E-state index contributed by atoms with van der Waals surface area (Å²) >= 11 is 2.27. The zero-order valence-electron chi connectivity index (χ0n) is 9.00. The summed E-state index contributed by atoms with van der Waals surface area (Å²) < 4.78 is 13.2. The van der Waals surface area contributed by atoms with Crippen molar-refractivity contribution in [2.45, 2.75) is 31.6 Å². The van der Waals surface area contributed by atoms with E-state index in [1.807, 2.05) is 13.8 Å². The fourth-order valence-electron chi connectivity index (χ4n) is 1.29. The summed E-state index contributed by atoms with van der Waals surface area (Å²) in [6.45, 7) is 6.41. The van der Waals surface area contributed by atoms with E-state index in [4.69, 9.17) is 15.2 Å². The minimum atomic E-state index is -0.224. The van der Waals surface area contributed by atoms with Gasteiger partial charge in [0.2, 0.25) is 0 Å². The molecule has 0 aromatic carbocycles. The second kappa shape index (κ2) is 5.07. The third kappa shape index (κ3) is 3.62. The molecule has 84 valence electrons. The van der Waals surface area contributed by atoms with Crippen molar-refractivity contribution >= 4 is 22.9 Å². The second-order valence-corrected chi connectivity index (χ2v) is 5.67. The predicted molar refractivity (Wildman–Crippen MR) is 64.4 cm³/mol. The van der Waals surface area contributed by atoms with Crippen molar-refractivity contribution in [3.8, 4) is 0 Å². The Hall–Kier alpha value is 0.570. The van der Waals surface area contributed by atoms with Gasteiger partial charge in [-0.15, -0.1) is 0 Å². The van der Waals surface area contributed by atoms with E-state index >= 15 is 0 Å². The Morgan fingerprint density at radius 3 is 2.57 bits per heavy atom. The molecule has 2 unspecified atom stereocenters. The Kier molecular flexibility index (Phi) is 4.57. The summed E-state index contributed by atoms with van der Waals surface area (Å²) in [6, 6.07) is 0.125.